The standard InChI is InChI=1S/C12H8Cl2N4/c1-7-16-17-12(14)18(7)10-5-4-9(13)8-3-2-6-15-11(8)10/h2-6H,1H3. The first kappa shape index (κ1) is 11.4. The van der Waals surface area contributed by atoms with Gasteiger partial charge in [-0.15, -0.1) is 10.2 Å². The summed E-state index contributed by atoms with van der Waals surface area (Å²) in [4.78, 5) is 4.36. The fraction of sp³-hybridized carbons (Fsp3) is 0.0833. The van der Waals surface area contributed by atoms with E-state index in [4.69, 9.17) is 23.2 Å². The molecular weight excluding hydrogens is 271 g/mol. The summed E-state index contributed by atoms with van der Waals surface area (Å²) >= 11 is 12.2. The molecule has 0 N–H and O–H groups in total. The molecule has 0 bridgehead atoms. The molecule has 0 fully saturated rings. The van der Waals surface area contributed by atoms with Gasteiger partial charge in [-0.1, -0.05) is 11.6 Å². The molecule has 18 heavy (non-hydrogen) atoms. The van der Waals surface area contributed by atoms with E-state index >= 15 is 0 Å². The highest BCUT2D eigenvalue weighted by Gasteiger charge is 2.13. The second kappa shape index (κ2) is 4.23. The Hall–Kier alpha value is -1.65. The van der Waals surface area contributed by atoms with Crippen molar-refractivity contribution in [3.05, 3.63) is 46.6 Å². The largest absolute Gasteiger partial charge is 0.268 e. The molecule has 2 aromatic heterocycles. The number of nitrogens with zero attached hydrogens (tertiary/aromatic N) is 4. The van der Waals surface area contributed by atoms with Gasteiger partial charge in [-0.25, -0.2) is 0 Å². The smallest absolute Gasteiger partial charge is 0.229 e. The van der Waals surface area contributed by atoms with Crippen molar-refractivity contribution in [3.8, 4) is 5.69 Å². The summed E-state index contributed by atoms with van der Waals surface area (Å²) in [6, 6.07) is 7.44. The number of benzene rings is 1. The van der Waals surface area contributed by atoms with Gasteiger partial charge in [0, 0.05) is 11.6 Å². The minimum absolute atomic E-state index is 0.307. The molecule has 3 rings (SSSR count). The lowest BCUT2D eigenvalue weighted by molar-refractivity contribution is 0.973. The minimum atomic E-state index is 0.307. The zero-order valence-electron chi connectivity index (χ0n) is 9.43. The summed E-state index contributed by atoms with van der Waals surface area (Å²) < 4.78 is 1.74. The van der Waals surface area contributed by atoms with Crippen LogP contribution in [0.4, 0.5) is 0 Å². The van der Waals surface area contributed by atoms with E-state index in [1.54, 1.807) is 10.8 Å². The summed E-state index contributed by atoms with van der Waals surface area (Å²) in [6.45, 7) is 1.84. The molecule has 3 aromatic rings. The average molecular weight is 279 g/mol. The number of rotatable bonds is 1. The van der Waals surface area contributed by atoms with Crippen LogP contribution in [0.5, 0.6) is 0 Å². The van der Waals surface area contributed by atoms with E-state index in [0.717, 1.165) is 16.6 Å². The van der Waals surface area contributed by atoms with Gasteiger partial charge >= 0.3 is 0 Å². The number of fused-ring (bicyclic) bond motifs is 1. The van der Waals surface area contributed by atoms with E-state index < -0.39 is 0 Å². The van der Waals surface area contributed by atoms with Gasteiger partial charge in [-0.2, -0.15) is 0 Å². The van der Waals surface area contributed by atoms with Crippen molar-refractivity contribution in [1.82, 2.24) is 19.7 Å². The molecule has 6 heteroatoms. The van der Waals surface area contributed by atoms with E-state index in [1.165, 1.54) is 0 Å². The summed E-state index contributed by atoms with van der Waals surface area (Å²) in [5.41, 5.74) is 1.59. The van der Waals surface area contributed by atoms with Gasteiger partial charge < -0.3 is 0 Å². The highest BCUT2D eigenvalue weighted by Crippen LogP contribution is 2.29. The minimum Gasteiger partial charge on any atom is -0.268 e. The van der Waals surface area contributed by atoms with Crippen molar-refractivity contribution in [2.75, 3.05) is 0 Å². The SMILES string of the molecule is Cc1nnc(Cl)n1-c1ccc(Cl)c2cccnc12. The van der Waals surface area contributed by atoms with E-state index in [2.05, 4.69) is 15.2 Å². The molecule has 0 aliphatic heterocycles. The Balaban J connectivity index is 2.41. The van der Waals surface area contributed by atoms with E-state index in [1.807, 2.05) is 31.2 Å². The molecule has 0 aliphatic carbocycles. The first-order valence-corrected chi connectivity index (χ1v) is 6.05. The summed E-state index contributed by atoms with van der Waals surface area (Å²) in [5, 5.41) is 9.62. The molecule has 0 saturated heterocycles. The summed E-state index contributed by atoms with van der Waals surface area (Å²) in [6.07, 6.45) is 1.72. The Morgan fingerprint density at radius 3 is 2.67 bits per heavy atom. The van der Waals surface area contributed by atoms with E-state index in [9.17, 15) is 0 Å². The fourth-order valence-electron chi connectivity index (χ4n) is 1.91. The predicted octanol–water partition coefficient (Wildman–Crippen LogP) is 3.43. The Morgan fingerprint density at radius 2 is 1.94 bits per heavy atom. The number of aromatic nitrogens is 4. The lowest BCUT2D eigenvalue weighted by Gasteiger charge is -2.09. The number of hydrogen-bond acceptors (Lipinski definition) is 3. The predicted molar refractivity (Wildman–Crippen MR) is 71.4 cm³/mol. The van der Waals surface area contributed by atoms with Gasteiger partial charge in [-0.05, 0) is 42.8 Å². The van der Waals surface area contributed by atoms with E-state index in [-0.39, 0.29) is 0 Å². The number of halogens is 2. The van der Waals surface area contributed by atoms with Crippen LogP contribution in [-0.4, -0.2) is 19.7 Å². The van der Waals surface area contributed by atoms with E-state index in [0.29, 0.717) is 16.1 Å². The Morgan fingerprint density at radius 1 is 1.11 bits per heavy atom. The van der Waals surface area contributed by atoms with Crippen LogP contribution in [0.2, 0.25) is 10.3 Å². The topological polar surface area (TPSA) is 43.6 Å². The third-order valence-corrected chi connectivity index (χ3v) is 3.30. The van der Waals surface area contributed by atoms with Gasteiger partial charge in [0.25, 0.3) is 0 Å². The fourth-order valence-corrected chi connectivity index (χ4v) is 2.38. The normalized spacial score (nSPS) is 11.1. The highest BCUT2D eigenvalue weighted by atomic mass is 35.5. The molecule has 90 valence electrons. The second-order valence-corrected chi connectivity index (χ2v) is 4.56. The quantitative estimate of drug-likeness (QED) is 0.685. The van der Waals surface area contributed by atoms with Crippen LogP contribution >= 0.6 is 23.2 Å². The van der Waals surface area contributed by atoms with Gasteiger partial charge in [0.05, 0.1) is 16.2 Å². The summed E-state index contributed by atoms with van der Waals surface area (Å²) in [5.74, 6) is 0.703. The molecule has 0 saturated carbocycles. The van der Waals surface area contributed by atoms with Gasteiger partial charge in [0.1, 0.15) is 5.82 Å². The maximum absolute atomic E-state index is 6.16. The molecule has 4 nitrogen and oxygen atoms in total. The van der Waals surface area contributed by atoms with Crippen molar-refractivity contribution in [1.29, 1.82) is 0 Å². The molecule has 0 atom stereocenters. The van der Waals surface area contributed by atoms with Crippen LogP contribution in [0.15, 0.2) is 30.5 Å². The Bertz CT molecular complexity index is 717. The molecule has 0 unspecified atom stereocenters. The van der Waals surface area contributed by atoms with Crippen molar-refractivity contribution < 1.29 is 0 Å². The van der Waals surface area contributed by atoms with Gasteiger partial charge in [-0.3, -0.25) is 9.55 Å². The van der Waals surface area contributed by atoms with Crippen LogP contribution in [0.3, 0.4) is 0 Å². The summed E-state index contributed by atoms with van der Waals surface area (Å²) in [7, 11) is 0. The highest BCUT2D eigenvalue weighted by molar-refractivity contribution is 6.35. The molecule has 0 amide bonds. The maximum Gasteiger partial charge on any atom is 0.229 e. The van der Waals surface area contributed by atoms with Crippen LogP contribution in [-0.2, 0) is 0 Å². The van der Waals surface area contributed by atoms with Crippen molar-refractivity contribution in [3.63, 3.8) is 0 Å². The molecule has 0 spiro atoms. The lowest BCUT2D eigenvalue weighted by atomic mass is 10.2. The third kappa shape index (κ3) is 1.65. The Labute approximate surface area is 113 Å². The lowest BCUT2D eigenvalue weighted by Crippen LogP contribution is -1.99. The number of hydrogen-bond donors (Lipinski definition) is 0. The maximum atomic E-state index is 6.16. The van der Waals surface area contributed by atoms with Crippen molar-refractivity contribution in [2.24, 2.45) is 0 Å². The molecular formula is C12H8Cl2N4. The molecule has 0 radical (unpaired) electrons. The van der Waals surface area contributed by atoms with Crippen LogP contribution in [0.25, 0.3) is 16.6 Å². The number of aryl methyl sites for hydroxylation is 1. The second-order valence-electron chi connectivity index (χ2n) is 3.82. The van der Waals surface area contributed by atoms with Crippen molar-refractivity contribution in [2.45, 2.75) is 6.92 Å². The van der Waals surface area contributed by atoms with Crippen LogP contribution < -0.4 is 0 Å². The van der Waals surface area contributed by atoms with Crippen molar-refractivity contribution >= 4 is 34.1 Å². The van der Waals surface area contributed by atoms with Gasteiger partial charge in [0.15, 0.2) is 0 Å². The van der Waals surface area contributed by atoms with Crippen LogP contribution in [0.1, 0.15) is 5.82 Å². The third-order valence-electron chi connectivity index (χ3n) is 2.72. The molecule has 2 heterocycles. The molecule has 1 aromatic carbocycles. The number of pyridine rings is 1. The monoisotopic (exact) mass is 278 g/mol. The van der Waals surface area contributed by atoms with Crippen LogP contribution in [0, 0.1) is 6.92 Å². The average Bonchev–Trinajstić information content (AvgIpc) is 2.71. The zero-order valence-corrected chi connectivity index (χ0v) is 10.9. The first-order chi connectivity index (χ1) is 8.68. The molecule has 0 aliphatic rings. The first-order valence-electron chi connectivity index (χ1n) is 5.29. The van der Waals surface area contributed by atoms with Gasteiger partial charge in [0.2, 0.25) is 5.28 Å². The Kier molecular flexibility index (Phi) is 2.69. The zero-order chi connectivity index (χ0) is 12.7.